The van der Waals surface area contributed by atoms with Gasteiger partial charge in [-0.3, -0.25) is 4.79 Å². The molecule has 0 saturated carbocycles. The Labute approximate surface area is 129 Å². The van der Waals surface area contributed by atoms with Gasteiger partial charge < -0.3 is 15.2 Å². The summed E-state index contributed by atoms with van der Waals surface area (Å²) in [5.74, 6) is -0.312. The molecule has 2 unspecified atom stereocenters. The number of carbonyl (C=O) groups is 1. The maximum atomic E-state index is 11.8. The number of methoxy groups -OCH3 is 1. The minimum absolute atomic E-state index is 0.0691. The van der Waals surface area contributed by atoms with Crippen molar-refractivity contribution in [3.05, 3.63) is 33.8 Å². The molecule has 0 aliphatic heterocycles. The molecule has 1 amide bonds. The van der Waals surface area contributed by atoms with Gasteiger partial charge in [-0.15, -0.1) is 0 Å². The van der Waals surface area contributed by atoms with Crippen LogP contribution in [0.15, 0.2) is 18.2 Å². The summed E-state index contributed by atoms with van der Waals surface area (Å²) >= 11 is 12.0. The molecule has 2 atom stereocenters. The molecule has 2 N–H and O–H groups in total. The number of aliphatic hydroxyl groups excluding tert-OH is 1. The van der Waals surface area contributed by atoms with E-state index in [1.807, 2.05) is 6.92 Å². The predicted molar refractivity (Wildman–Crippen MR) is 80.1 cm³/mol. The number of halogens is 2. The van der Waals surface area contributed by atoms with E-state index < -0.39 is 6.10 Å². The fraction of sp³-hybridized carbons (Fsp3) is 0.500. The third-order valence-corrected chi connectivity index (χ3v) is 3.66. The summed E-state index contributed by atoms with van der Waals surface area (Å²) in [5.41, 5.74) is 0.431. The average molecular weight is 320 g/mol. The summed E-state index contributed by atoms with van der Waals surface area (Å²) in [7, 11) is 1.59. The van der Waals surface area contributed by atoms with Gasteiger partial charge in [0.05, 0.1) is 6.10 Å². The molecule has 0 bridgehead atoms. The first-order chi connectivity index (χ1) is 9.47. The van der Waals surface area contributed by atoms with Crippen molar-refractivity contribution >= 4 is 29.1 Å². The summed E-state index contributed by atoms with van der Waals surface area (Å²) in [6, 6.07) is 5.00. The smallest absolute Gasteiger partial charge is 0.223 e. The first-order valence-corrected chi connectivity index (χ1v) is 7.11. The van der Waals surface area contributed by atoms with E-state index in [1.165, 1.54) is 0 Å². The third-order valence-electron chi connectivity index (χ3n) is 3.01. The molecule has 6 heteroatoms. The molecule has 0 heterocycles. The number of nitrogens with one attached hydrogen (secondary N) is 1. The monoisotopic (exact) mass is 319 g/mol. The molecule has 4 nitrogen and oxygen atoms in total. The highest BCUT2D eigenvalue weighted by Gasteiger charge is 2.18. The van der Waals surface area contributed by atoms with E-state index >= 15 is 0 Å². The van der Waals surface area contributed by atoms with Crippen molar-refractivity contribution in [2.24, 2.45) is 5.92 Å². The summed E-state index contributed by atoms with van der Waals surface area (Å²) in [6.45, 7) is 2.40. The molecule has 1 aromatic carbocycles. The van der Waals surface area contributed by atoms with E-state index in [9.17, 15) is 9.90 Å². The van der Waals surface area contributed by atoms with Gasteiger partial charge in [0.1, 0.15) is 0 Å². The van der Waals surface area contributed by atoms with Gasteiger partial charge in [0.2, 0.25) is 5.91 Å². The van der Waals surface area contributed by atoms with E-state index in [0.29, 0.717) is 28.6 Å². The van der Waals surface area contributed by atoms with Crippen molar-refractivity contribution < 1.29 is 14.6 Å². The third kappa shape index (κ3) is 4.94. The zero-order valence-electron chi connectivity index (χ0n) is 11.5. The number of rotatable bonds is 7. The Balaban J connectivity index is 2.55. The average Bonchev–Trinajstić information content (AvgIpc) is 2.41. The standard InChI is InChI=1S/C14H19Cl2NO3/c1-9(6-7-20-2)14(19)17-8-12(18)13-10(15)4-3-5-11(13)16/h3-5,9,12,18H,6-8H2,1-2H3,(H,17,19). The van der Waals surface area contributed by atoms with Crippen molar-refractivity contribution in [1.82, 2.24) is 5.32 Å². The largest absolute Gasteiger partial charge is 0.386 e. The first kappa shape index (κ1) is 17.2. The van der Waals surface area contributed by atoms with Gasteiger partial charge in [-0.05, 0) is 18.6 Å². The minimum atomic E-state index is -0.935. The van der Waals surface area contributed by atoms with Crippen LogP contribution in [0.4, 0.5) is 0 Å². The van der Waals surface area contributed by atoms with Gasteiger partial charge in [-0.1, -0.05) is 36.2 Å². The fourth-order valence-electron chi connectivity index (χ4n) is 1.73. The Kier molecular flexibility index (Phi) is 7.30. The molecule has 112 valence electrons. The first-order valence-electron chi connectivity index (χ1n) is 6.36. The van der Waals surface area contributed by atoms with Crippen molar-refractivity contribution in [3.8, 4) is 0 Å². The second-order valence-electron chi connectivity index (χ2n) is 4.58. The highest BCUT2D eigenvalue weighted by Crippen LogP contribution is 2.29. The Hall–Kier alpha value is -0.810. The number of ether oxygens (including phenoxy) is 1. The van der Waals surface area contributed by atoms with Crippen molar-refractivity contribution in [1.29, 1.82) is 0 Å². The molecule has 0 fully saturated rings. The van der Waals surface area contributed by atoms with Crippen LogP contribution in [0, 0.1) is 5.92 Å². The zero-order valence-corrected chi connectivity index (χ0v) is 13.0. The maximum absolute atomic E-state index is 11.8. The maximum Gasteiger partial charge on any atom is 0.223 e. The molecule has 0 spiro atoms. The van der Waals surface area contributed by atoms with Crippen molar-refractivity contribution in [2.75, 3.05) is 20.3 Å². The summed E-state index contributed by atoms with van der Waals surface area (Å²) in [4.78, 5) is 11.8. The zero-order chi connectivity index (χ0) is 15.1. The molecule has 0 aromatic heterocycles. The Morgan fingerprint density at radius 2 is 2.00 bits per heavy atom. The normalized spacial score (nSPS) is 13.8. The van der Waals surface area contributed by atoms with Crippen molar-refractivity contribution in [2.45, 2.75) is 19.4 Å². The van der Waals surface area contributed by atoms with Crippen LogP contribution in [0.25, 0.3) is 0 Å². The van der Waals surface area contributed by atoms with E-state index in [1.54, 1.807) is 25.3 Å². The van der Waals surface area contributed by atoms with Crippen LogP contribution >= 0.6 is 23.2 Å². The topological polar surface area (TPSA) is 58.6 Å². The summed E-state index contributed by atoms with van der Waals surface area (Å²) in [6.07, 6.45) is -0.305. The SMILES string of the molecule is COCCC(C)C(=O)NCC(O)c1c(Cl)cccc1Cl. The highest BCUT2D eigenvalue weighted by molar-refractivity contribution is 6.36. The molecule has 1 aromatic rings. The minimum Gasteiger partial charge on any atom is -0.386 e. The van der Waals surface area contributed by atoms with Crippen LogP contribution in [0.1, 0.15) is 25.0 Å². The van der Waals surface area contributed by atoms with E-state index in [0.717, 1.165) is 0 Å². The number of amides is 1. The van der Waals surface area contributed by atoms with Gasteiger partial charge in [-0.2, -0.15) is 0 Å². The van der Waals surface area contributed by atoms with Gasteiger partial charge >= 0.3 is 0 Å². The molecule has 0 aliphatic carbocycles. The van der Waals surface area contributed by atoms with Crippen LogP contribution in [-0.2, 0) is 9.53 Å². The number of benzene rings is 1. The number of aliphatic hydroxyl groups is 1. The Bertz CT molecular complexity index is 434. The van der Waals surface area contributed by atoms with E-state index in [2.05, 4.69) is 5.32 Å². The predicted octanol–water partition coefficient (Wildman–Crippen LogP) is 2.82. The molecule has 0 aliphatic rings. The lowest BCUT2D eigenvalue weighted by atomic mass is 10.1. The molecule has 0 radical (unpaired) electrons. The second kappa shape index (κ2) is 8.47. The van der Waals surface area contributed by atoms with Gasteiger partial charge in [0.25, 0.3) is 0 Å². The van der Waals surface area contributed by atoms with Gasteiger partial charge in [-0.25, -0.2) is 0 Å². The Morgan fingerprint density at radius 1 is 1.40 bits per heavy atom. The van der Waals surface area contributed by atoms with Crippen LogP contribution in [-0.4, -0.2) is 31.3 Å². The number of hydrogen-bond acceptors (Lipinski definition) is 3. The fourth-order valence-corrected chi connectivity index (χ4v) is 2.38. The quantitative estimate of drug-likeness (QED) is 0.812. The molecular formula is C14H19Cl2NO3. The summed E-state index contributed by atoms with van der Waals surface area (Å²) in [5, 5.41) is 13.5. The molecule has 20 heavy (non-hydrogen) atoms. The lowest BCUT2D eigenvalue weighted by molar-refractivity contribution is -0.125. The lowest BCUT2D eigenvalue weighted by Gasteiger charge is -2.17. The molecular weight excluding hydrogens is 301 g/mol. The molecule has 0 saturated heterocycles. The second-order valence-corrected chi connectivity index (χ2v) is 5.39. The summed E-state index contributed by atoms with van der Waals surface area (Å²) < 4.78 is 4.92. The number of hydrogen-bond donors (Lipinski definition) is 2. The van der Waals surface area contributed by atoms with Crippen LogP contribution in [0.3, 0.4) is 0 Å². The number of carbonyl (C=O) groups excluding carboxylic acids is 1. The van der Waals surface area contributed by atoms with Gasteiger partial charge in [0.15, 0.2) is 0 Å². The van der Waals surface area contributed by atoms with Crippen LogP contribution < -0.4 is 5.32 Å². The van der Waals surface area contributed by atoms with Gasteiger partial charge in [0, 0.05) is 41.8 Å². The van der Waals surface area contributed by atoms with Crippen LogP contribution in [0.2, 0.25) is 10.0 Å². The van der Waals surface area contributed by atoms with Crippen molar-refractivity contribution in [3.63, 3.8) is 0 Å². The Morgan fingerprint density at radius 3 is 2.55 bits per heavy atom. The van der Waals surface area contributed by atoms with E-state index in [-0.39, 0.29) is 18.4 Å². The highest BCUT2D eigenvalue weighted by atomic mass is 35.5. The molecule has 1 rings (SSSR count). The lowest BCUT2D eigenvalue weighted by Crippen LogP contribution is -2.33. The van der Waals surface area contributed by atoms with Crippen LogP contribution in [0.5, 0.6) is 0 Å². The van der Waals surface area contributed by atoms with E-state index in [4.69, 9.17) is 27.9 Å².